The standard InChI is InChI=1S/C9H11NO4/c1-5-4-6(2-3-10-5)7(11)8(12)9(13)14/h2-4,7-8,11-12H,1H3,(H,13,14). The van der Waals surface area contributed by atoms with Crippen molar-refractivity contribution in [2.24, 2.45) is 0 Å². The van der Waals surface area contributed by atoms with Crippen LogP contribution in [-0.4, -0.2) is 32.4 Å². The van der Waals surface area contributed by atoms with Crippen molar-refractivity contribution in [2.45, 2.75) is 19.1 Å². The topological polar surface area (TPSA) is 90.7 Å². The second-order valence-corrected chi connectivity index (χ2v) is 2.96. The first kappa shape index (κ1) is 10.6. The average molecular weight is 197 g/mol. The van der Waals surface area contributed by atoms with E-state index in [2.05, 4.69) is 4.98 Å². The van der Waals surface area contributed by atoms with Crippen molar-refractivity contribution in [1.29, 1.82) is 0 Å². The van der Waals surface area contributed by atoms with E-state index >= 15 is 0 Å². The predicted octanol–water partition coefficient (Wildman–Crippen LogP) is -0.131. The predicted molar refractivity (Wildman–Crippen MR) is 47.6 cm³/mol. The Bertz CT molecular complexity index is 339. The first-order valence-corrected chi connectivity index (χ1v) is 4.04. The van der Waals surface area contributed by atoms with E-state index in [9.17, 15) is 9.90 Å². The third-order valence-corrected chi connectivity index (χ3v) is 1.81. The summed E-state index contributed by atoms with van der Waals surface area (Å²) in [6.45, 7) is 1.71. The Labute approximate surface area is 80.7 Å². The van der Waals surface area contributed by atoms with Crippen molar-refractivity contribution in [1.82, 2.24) is 4.98 Å². The molecule has 76 valence electrons. The summed E-state index contributed by atoms with van der Waals surface area (Å²) < 4.78 is 0. The van der Waals surface area contributed by atoms with Gasteiger partial charge in [0, 0.05) is 11.9 Å². The number of aliphatic hydroxyl groups excluding tert-OH is 2. The molecule has 14 heavy (non-hydrogen) atoms. The van der Waals surface area contributed by atoms with E-state index in [4.69, 9.17) is 10.2 Å². The molecule has 2 atom stereocenters. The van der Waals surface area contributed by atoms with E-state index in [0.717, 1.165) is 0 Å². The lowest BCUT2D eigenvalue weighted by molar-refractivity contribution is -0.153. The molecule has 0 amide bonds. The van der Waals surface area contributed by atoms with E-state index in [0.29, 0.717) is 11.3 Å². The lowest BCUT2D eigenvalue weighted by Crippen LogP contribution is -2.27. The van der Waals surface area contributed by atoms with Crippen LogP contribution in [0.4, 0.5) is 0 Å². The highest BCUT2D eigenvalue weighted by Crippen LogP contribution is 2.16. The van der Waals surface area contributed by atoms with Gasteiger partial charge in [-0.2, -0.15) is 0 Å². The maximum Gasteiger partial charge on any atom is 0.335 e. The molecule has 1 aromatic heterocycles. The quantitative estimate of drug-likeness (QED) is 0.627. The van der Waals surface area contributed by atoms with Gasteiger partial charge >= 0.3 is 5.97 Å². The largest absolute Gasteiger partial charge is 0.479 e. The molecule has 0 fully saturated rings. The Morgan fingerprint density at radius 3 is 2.64 bits per heavy atom. The summed E-state index contributed by atoms with van der Waals surface area (Å²) in [7, 11) is 0. The third-order valence-electron chi connectivity index (χ3n) is 1.81. The monoisotopic (exact) mass is 197 g/mol. The van der Waals surface area contributed by atoms with Crippen molar-refractivity contribution in [3.63, 3.8) is 0 Å². The number of aliphatic hydroxyl groups is 2. The molecule has 0 aliphatic carbocycles. The van der Waals surface area contributed by atoms with E-state index in [1.807, 2.05) is 0 Å². The van der Waals surface area contributed by atoms with Crippen LogP contribution in [0.2, 0.25) is 0 Å². The molecule has 0 spiro atoms. The second-order valence-electron chi connectivity index (χ2n) is 2.96. The van der Waals surface area contributed by atoms with Gasteiger partial charge in [-0.1, -0.05) is 0 Å². The molecule has 0 bridgehead atoms. The van der Waals surface area contributed by atoms with E-state index in [-0.39, 0.29) is 0 Å². The van der Waals surface area contributed by atoms with Crippen LogP contribution in [-0.2, 0) is 4.79 Å². The number of nitrogens with zero attached hydrogens (tertiary/aromatic N) is 1. The fourth-order valence-corrected chi connectivity index (χ4v) is 1.07. The number of carboxylic acid groups (broad SMARTS) is 1. The molecule has 2 unspecified atom stereocenters. The fourth-order valence-electron chi connectivity index (χ4n) is 1.07. The van der Waals surface area contributed by atoms with Crippen molar-refractivity contribution in [2.75, 3.05) is 0 Å². The summed E-state index contributed by atoms with van der Waals surface area (Å²) in [5.74, 6) is -1.45. The van der Waals surface area contributed by atoms with Gasteiger partial charge in [0.1, 0.15) is 6.10 Å². The number of hydrogen-bond donors (Lipinski definition) is 3. The summed E-state index contributed by atoms with van der Waals surface area (Å²) in [6, 6.07) is 2.99. The van der Waals surface area contributed by atoms with Gasteiger partial charge in [-0.25, -0.2) is 4.79 Å². The van der Waals surface area contributed by atoms with Gasteiger partial charge in [-0.05, 0) is 24.6 Å². The number of rotatable bonds is 3. The molecule has 0 aromatic carbocycles. The molecule has 0 aliphatic rings. The van der Waals surface area contributed by atoms with Crippen LogP contribution < -0.4 is 0 Å². The van der Waals surface area contributed by atoms with Crippen LogP contribution in [0.15, 0.2) is 18.3 Å². The molecular formula is C9H11NO4. The Kier molecular flexibility index (Phi) is 3.16. The maximum atomic E-state index is 10.4. The lowest BCUT2D eigenvalue weighted by Gasteiger charge is -2.14. The lowest BCUT2D eigenvalue weighted by atomic mass is 10.1. The van der Waals surface area contributed by atoms with Gasteiger partial charge in [0.25, 0.3) is 0 Å². The van der Waals surface area contributed by atoms with Gasteiger partial charge in [0.05, 0.1) is 0 Å². The van der Waals surface area contributed by atoms with E-state index in [1.54, 1.807) is 6.92 Å². The second kappa shape index (κ2) is 4.17. The van der Waals surface area contributed by atoms with Gasteiger partial charge in [-0.3, -0.25) is 4.98 Å². The van der Waals surface area contributed by atoms with Crippen LogP contribution in [0.5, 0.6) is 0 Å². The summed E-state index contributed by atoms with van der Waals surface area (Å²) in [6.07, 6.45) is -1.78. The zero-order chi connectivity index (χ0) is 10.7. The first-order chi connectivity index (χ1) is 6.52. The van der Waals surface area contributed by atoms with Gasteiger partial charge in [-0.15, -0.1) is 0 Å². The smallest absolute Gasteiger partial charge is 0.335 e. The molecule has 1 heterocycles. The number of hydrogen-bond acceptors (Lipinski definition) is 4. The minimum Gasteiger partial charge on any atom is -0.479 e. The summed E-state index contributed by atoms with van der Waals surface area (Å²) in [4.78, 5) is 14.3. The highest BCUT2D eigenvalue weighted by Gasteiger charge is 2.24. The van der Waals surface area contributed by atoms with Crippen LogP contribution in [0, 0.1) is 6.92 Å². The van der Waals surface area contributed by atoms with Crippen molar-refractivity contribution in [3.8, 4) is 0 Å². The Morgan fingerprint density at radius 1 is 1.50 bits per heavy atom. The molecule has 1 rings (SSSR count). The molecule has 5 heteroatoms. The number of carbonyl (C=O) groups is 1. The number of pyridine rings is 1. The van der Waals surface area contributed by atoms with Gasteiger partial charge < -0.3 is 15.3 Å². The number of aryl methyl sites for hydroxylation is 1. The minimum atomic E-state index is -1.81. The van der Waals surface area contributed by atoms with Crippen molar-refractivity contribution in [3.05, 3.63) is 29.6 Å². The SMILES string of the molecule is Cc1cc(C(O)C(O)C(=O)O)ccn1. The van der Waals surface area contributed by atoms with Crippen LogP contribution >= 0.6 is 0 Å². The minimum absolute atomic E-state index is 0.340. The normalized spacial score (nSPS) is 14.8. The van der Waals surface area contributed by atoms with Gasteiger partial charge in [0.15, 0.2) is 6.10 Å². The summed E-state index contributed by atoms with van der Waals surface area (Å²) in [5.41, 5.74) is 0.992. The van der Waals surface area contributed by atoms with Crippen molar-refractivity contribution < 1.29 is 20.1 Å². The zero-order valence-electron chi connectivity index (χ0n) is 7.58. The molecule has 0 radical (unpaired) electrons. The molecule has 0 aliphatic heterocycles. The molecular weight excluding hydrogens is 186 g/mol. The van der Waals surface area contributed by atoms with Crippen molar-refractivity contribution >= 4 is 5.97 Å². The summed E-state index contributed by atoms with van der Waals surface area (Å²) >= 11 is 0. The first-order valence-electron chi connectivity index (χ1n) is 4.04. The maximum absolute atomic E-state index is 10.4. The average Bonchev–Trinajstić information content (AvgIpc) is 2.15. The van der Waals surface area contributed by atoms with E-state index < -0.39 is 18.2 Å². The Morgan fingerprint density at radius 2 is 2.14 bits per heavy atom. The van der Waals surface area contributed by atoms with Gasteiger partial charge in [0.2, 0.25) is 0 Å². The van der Waals surface area contributed by atoms with Crippen LogP contribution in [0.25, 0.3) is 0 Å². The molecule has 0 saturated heterocycles. The fraction of sp³-hybridized carbons (Fsp3) is 0.333. The zero-order valence-corrected chi connectivity index (χ0v) is 7.58. The summed E-state index contributed by atoms with van der Waals surface area (Å²) in [5, 5.41) is 27.0. The highest BCUT2D eigenvalue weighted by molar-refractivity contribution is 5.73. The highest BCUT2D eigenvalue weighted by atomic mass is 16.4. The van der Waals surface area contributed by atoms with Crippen LogP contribution in [0.1, 0.15) is 17.4 Å². The molecule has 1 aromatic rings. The Hall–Kier alpha value is -1.46. The third kappa shape index (κ3) is 2.27. The Balaban J connectivity index is 2.89. The molecule has 3 N–H and O–H groups in total. The number of aromatic nitrogens is 1. The van der Waals surface area contributed by atoms with E-state index in [1.165, 1.54) is 18.3 Å². The van der Waals surface area contributed by atoms with Crippen LogP contribution in [0.3, 0.4) is 0 Å². The molecule has 5 nitrogen and oxygen atoms in total. The molecule has 0 saturated carbocycles. The number of aliphatic carboxylic acids is 1. The number of carboxylic acids is 1.